The monoisotopic (exact) mass is 520 g/mol. The van der Waals surface area contributed by atoms with E-state index in [0.29, 0.717) is 30.0 Å². The lowest BCUT2D eigenvalue weighted by Crippen LogP contribution is -2.50. The van der Waals surface area contributed by atoms with Gasteiger partial charge in [-0.1, -0.05) is 84.9 Å². The summed E-state index contributed by atoms with van der Waals surface area (Å²) in [6.45, 7) is 2.26. The first-order valence-corrected chi connectivity index (χ1v) is 12.7. The molecule has 0 aliphatic carbocycles. The van der Waals surface area contributed by atoms with Crippen molar-refractivity contribution in [1.29, 1.82) is 0 Å². The standard InChI is InChI=1S/C32H32N4O3/c1-32(30(38)34-21-24-10-4-2-5-11-24,31(39)35-22-25-12-6-3-7-13-25)20-23-16-18-26(19-17-23)29(37)36-28-15-9-8-14-27(28)33/h2-19H,20-22,33H2,1H3,(H,34,38)(H,35,39)(H,36,37). The highest BCUT2D eigenvalue weighted by atomic mass is 16.2. The van der Waals surface area contributed by atoms with Gasteiger partial charge in [0.1, 0.15) is 5.41 Å². The van der Waals surface area contributed by atoms with Crippen LogP contribution in [0.5, 0.6) is 0 Å². The van der Waals surface area contributed by atoms with E-state index in [1.165, 1.54) is 0 Å². The van der Waals surface area contributed by atoms with Crippen molar-refractivity contribution in [2.45, 2.75) is 26.4 Å². The molecule has 39 heavy (non-hydrogen) atoms. The molecule has 0 heterocycles. The number of hydrogen-bond acceptors (Lipinski definition) is 4. The van der Waals surface area contributed by atoms with Crippen molar-refractivity contribution < 1.29 is 14.4 Å². The molecule has 0 aromatic heterocycles. The van der Waals surface area contributed by atoms with Crippen LogP contribution in [0.1, 0.15) is 34.0 Å². The third-order valence-corrected chi connectivity index (χ3v) is 6.58. The maximum absolute atomic E-state index is 13.5. The molecule has 0 unspecified atom stereocenters. The predicted molar refractivity (Wildman–Crippen MR) is 154 cm³/mol. The van der Waals surface area contributed by atoms with Gasteiger partial charge in [0.15, 0.2) is 0 Å². The highest BCUT2D eigenvalue weighted by Gasteiger charge is 2.41. The molecular weight excluding hydrogens is 488 g/mol. The molecule has 0 saturated carbocycles. The van der Waals surface area contributed by atoms with Crippen LogP contribution in [0.4, 0.5) is 11.4 Å². The number of benzene rings is 4. The summed E-state index contributed by atoms with van der Waals surface area (Å²) in [4.78, 5) is 39.6. The zero-order chi connectivity index (χ0) is 27.7. The van der Waals surface area contributed by atoms with Crippen LogP contribution >= 0.6 is 0 Å². The highest BCUT2D eigenvalue weighted by molar-refractivity contribution is 6.06. The molecule has 0 radical (unpaired) electrons. The summed E-state index contributed by atoms with van der Waals surface area (Å²) in [6.07, 6.45) is 0.155. The van der Waals surface area contributed by atoms with E-state index in [1.54, 1.807) is 55.5 Å². The number of carbonyl (C=O) groups excluding carboxylic acids is 3. The Bertz CT molecular complexity index is 1370. The molecule has 7 nitrogen and oxygen atoms in total. The molecular formula is C32H32N4O3. The lowest BCUT2D eigenvalue weighted by Gasteiger charge is -2.27. The minimum Gasteiger partial charge on any atom is -0.397 e. The molecule has 0 fully saturated rings. The Morgan fingerprint density at radius 3 is 1.64 bits per heavy atom. The summed E-state index contributed by atoms with van der Waals surface area (Å²) in [6, 6.07) is 33.0. The van der Waals surface area contributed by atoms with E-state index in [4.69, 9.17) is 5.73 Å². The first-order valence-electron chi connectivity index (χ1n) is 12.7. The zero-order valence-corrected chi connectivity index (χ0v) is 21.8. The number of anilines is 2. The number of hydrogen-bond donors (Lipinski definition) is 4. The van der Waals surface area contributed by atoms with Gasteiger partial charge in [0.25, 0.3) is 5.91 Å². The first-order chi connectivity index (χ1) is 18.8. The molecule has 0 aliphatic heterocycles. The SMILES string of the molecule is CC(Cc1ccc(C(=O)Nc2ccccc2N)cc1)(C(=O)NCc1ccccc1)C(=O)NCc1ccccc1. The van der Waals surface area contributed by atoms with Crippen molar-refractivity contribution in [2.24, 2.45) is 5.41 Å². The van der Waals surface area contributed by atoms with Crippen molar-refractivity contribution in [3.63, 3.8) is 0 Å². The Labute approximate surface area is 228 Å². The highest BCUT2D eigenvalue weighted by Crippen LogP contribution is 2.25. The van der Waals surface area contributed by atoms with Gasteiger partial charge in [-0.2, -0.15) is 0 Å². The van der Waals surface area contributed by atoms with Gasteiger partial charge in [-0.15, -0.1) is 0 Å². The van der Waals surface area contributed by atoms with Crippen LogP contribution in [-0.2, 0) is 29.1 Å². The summed E-state index contributed by atoms with van der Waals surface area (Å²) in [7, 11) is 0. The van der Waals surface area contributed by atoms with Crippen molar-refractivity contribution in [3.05, 3.63) is 131 Å². The largest absolute Gasteiger partial charge is 0.397 e. The van der Waals surface area contributed by atoms with Crippen molar-refractivity contribution in [2.75, 3.05) is 11.1 Å². The van der Waals surface area contributed by atoms with E-state index in [1.807, 2.05) is 60.7 Å². The molecule has 3 amide bonds. The third-order valence-electron chi connectivity index (χ3n) is 6.58. The van der Waals surface area contributed by atoms with Crippen LogP contribution in [0.25, 0.3) is 0 Å². The minimum atomic E-state index is -1.38. The second-order valence-corrected chi connectivity index (χ2v) is 9.58. The van der Waals surface area contributed by atoms with Crippen LogP contribution < -0.4 is 21.7 Å². The molecule has 0 aliphatic rings. The molecule has 198 valence electrons. The minimum absolute atomic E-state index is 0.155. The van der Waals surface area contributed by atoms with E-state index < -0.39 is 5.41 Å². The smallest absolute Gasteiger partial charge is 0.255 e. The van der Waals surface area contributed by atoms with Crippen LogP contribution in [0.15, 0.2) is 109 Å². The summed E-state index contributed by atoms with van der Waals surface area (Å²) in [5.74, 6) is -1.06. The Balaban J connectivity index is 1.49. The van der Waals surface area contributed by atoms with E-state index in [2.05, 4.69) is 16.0 Å². The van der Waals surface area contributed by atoms with E-state index in [-0.39, 0.29) is 24.1 Å². The van der Waals surface area contributed by atoms with Crippen molar-refractivity contribution in [1.82, 2.24) is 10.6 Å². The van der Waals surface area contributed by atoms with Crippen LogP contribution in [0.3, 0.4) is 0 Å². The summed E-state index contributed by atoms with van der Waals surface area (Å²) in [5, 5.41) is 8.65. The molecule has 5 N–H and O–H groups in total. The van der Waals surface area contributed by atoms with Crippen LogP contribution in [0.2, 0.25) is 0 Å². The molecule has 7 heteroatoms. The summed E-state index contributed by atoms with van der Waals surface area (Å²) >= 11 is 0. The molecule has 0 saturated heterocycles. The number of amides is 3. The van der Waals surface area contributed by atoms with Gasteiger partial charge in [0.2, 0.25) is 11.8 Å². The number of rotatable bonds is 10. The lowest BCUT2D eigenvalue weighted by atomic mass is 9.81. The number of nitrogen functional groups attached to an aromatic ring is 1. The average molecular weight is 521 g/mol. The maximum Gasteiger partial charge on any atom is 0.255 e. The molecule has 4 aromatic carbocycles. The van der Waals surface area contributed by atoms with Gasteiger partial charge in [0, 0.05) is 18.7 Å². The second kappa shape index (κ2) is 12.6. The van der Waals surface area contributed by atoms with Gasteiger partial charge in [-0.05, 0) is 54.3 Å². The van der Waals surface area contributed by atoms with Crippen LogP contribution in [0, 0.1) is 5.41 Å². The second-order valence-electron chi connectivity index (χ2n) is 9.58. The van der Waals surface area contributed by atoms with Gasteiger partial charge in [0.05, 0.1) is 11.4 Å². The normalized spacial score (nSPS) is 10.9. The van der Waals surface area contributed by atoms with Gasteiger partial charge >= 0.3 is 0 Å². The van der Waals surface area contributed by atoms with Gasteiger partial charge in [-0.3, -0.25) is 14.4 Å². The fourth-order valence-corrected chi connectivity index (χ4v) is 4.20. The van der Waals surface area contributed by atoms with Crippen LogP contribution in [-0.4, -0.2) is 17.7 Å². The van der Waals surface area contributed by atoms with E-state index in [9.17, 15) is 14.4 Å². The van der Waals surface area contributed by atoms with Crippen molar-refractivity contribution in [3.8, 4) is 0 Å². The zero-order valence-electron chi connectivity index (χ0n) is 21.8. The Hall–Kier alpha value is -4.91. The summed E-state index contributed by atoms with van der Waals surface area (Å²) < 4.78 is 0. The van der Waals surface area contributed by atoms with Gasteiger partial charge in [-0.25, -0.2) is 0 Å². The van der Waals surface area contributed by atoms with Crippen molar-refractivity contribution >= 4 is 29.1 Å². The first kappa shape index (κ1) is 27.1. The third kappa shape index (κ3) is 7.11. The fourth-order valence-electron chi connectivity index (χ4n) is 4.20. The van der Waals surface area contributed by atoms with E-state index >= 15 is 0 Å². The Kier molecular flexibility index (Phi) is 8.74. The Morgan fingerprint density at radius 1 is 0.641 bits per heavy atom. The number of nitrogens with two attached hydrogens (primary N) is 1. The molecule has 4 aromatic rings. The average Bonchev–Trinajstić information content (AvgIpc) is 2.97. The predicted octanol–water partition coefficient (Wildman–Crippen LogP) is 4.70. The number of carbonyl (C=O) groups is 3. The molecule has 0 bridgehead atoms. The number of nitrogens with one attached hydrogen (secondary N) is 3. The topological polar surface area (TPSA) is 113 Å². The maximum atomic E-state index is 13.5. The molecule has 4 rings (SSSR count). The lowest BCUT2D eigenvalue weighted by molar-refractivity contribution is -0.142. The number of para-hydroxylation sites is 2. The summed E-state index contributed by atoms with van der Waals surface area (Å²) in [5.41, 5.74) is 8.61. The van der Waals surface area contributed by atoms with E-state index in [0.717, 1.165) is 16.7 Å². The molecule has 0 spiro atoms. The molecule has 0 atom stereocenters. The van der Waals surface area contributed by atoms with Gasteiger partial charge < -0.3 is 21.7 Å². The Morgan fingerprint density at radius 2 is 1.13 bits per heavy atom. The fraction of sp³-hybridized carbons (Fsp3) is 0.156. The quantitative estimate of drug-likeness (QED) is 0.179.